The molecule has 2 nitrogen and oxygen atoms in total. The molecular weight excluding hydrogens is 188 g/mol. The molecule has 1 aromatic rings. The van der Waals surface area contributed by atoms with Gasteiger partial charge in [-0.2, -0.15) is 0 Å². The number of allylic oxidation sites excluding steroid dienone is 1. The van der Waals surface area contributed by atoms with Gasteiger partial charge in [0.05, 0.1) is 0 Å². The summed E-state index contributed by atoms with van der Waals surface area (Å²) >= 11 is 0. The van der Waals surface area contributed by atoms with E-state index in [1.807, 2.05) is 30.3 Å². The van der Waals surface area contributed by atoms with Crippen molar-refractivity contribution in [1.29, 1.82) is 0 Å². The van der Waals surface area contributed by atoms with Crippen molar-refractivity contribution < 1.29 is 9.90 Å². The first kappa shape index (κ1) is 11.5. The fourth-order valence-electron chi connectivity index (χ4n) is 1.47. The molecule has 0 aromatic heterocycles. The van der Waals surface area contributed by atoms with Crippen molar-refractivity contribution >= 4 is 11.5 Å². The SMILES string of the molecule is CCCCC(=CC(=O)O)c1ccccc1. The van der Waals surface area contributed by atoms with E-state index in [-0.39, 0.29) is 0 Å². The minimum atomic E-state index is -0.870. The number of benzene rings is 1. The maximum Gasteiger partial charge on any atom is 0.328 e. The van der Waals surface area contributed by atoms with Crippen LogP contribution in [-0.2, 0) is 4.79 Å². The fraction of sp³-hybridized carbons (Fsp3) is 0.308. The zero-order valence-electron chi connectivity index (χ0n) is 8.94. The highest BCUT2D eigenvalue weighted by Gasteiger charge is 2.02. The van der Waals surface area contributed by atoms with Crippen LogP contribution >= 0.6 is 0 Å². The molecule has 0 spiro atoms. The van der Waals surface area contributed by atoms with Gasteiger partial charge in [-0.25, -0.2) is 4.79 Å². The molecule has 0 aliphatic heterocycles. The topological polar surface area (TPSA) is 37.3 Å². The summed E-state index contributed by atoms with van der Waals surface area (Å²) in [5.41, 5.74) is 1.92. The van der Waals surface area contributed by atoms with Gasteiger partial charge in [0.15, 0.2) is 0 Å². The summed E-state index contributed by atoms with van der Waals surface area (Å²) in [6.45, 7) is 2.10. The Kier molecular flexibility index (Phi) is 4.61. The third-order valence-corrected chi connectivity index (χ3v) is 2.24. The summed E-state index contributed by atoms with van der Waals surface area (Å²) < 4.78 is 0. The molecule has 1 aromatic carbocycles. The number of aliphatic carboxylic acids is 1. The molecule has 0 fully saturated rings. The van der Waals surface area contributed by atoms with E-state index in [9.17, 15) is 4.79 Å². The monoisotopic (exact) mass is 204 g/mol. The summed E-state index contributed by atoms with van der Waals surface area (Å²) in [7, 11) is 0. The number of rotatable bonds is 5. The highest BCUT2D eigenvalue weighted by molar-refractivity contribution is 5.89. The van der Waals surface area contributed by atoms with E-state index in [0.29, 0.717) is 0 Å². The van der Waals surface area contributed by atoms with Crippen LogP contribution in [0, 0.1) is 0 Å². The minimum absolute atomic E-state index is 0.826. The Hall–Kier alpha value is -1.57. The lowest BCUT2D eigenvalue weighted by Crippen LogP contribution is -1.93. The van der Waals surface area contributed by atoms with Crippen molar-refractivity contribution in [3.63, 3.8) is 0 Å². The number of carbonyl (C=O) groups is 1. The second-order valence-electron chi connectivity index (χ2n) is 3.48. The largest absolute Gasteiger partial charge is 0.478 e. The molecule has 80 valence electrons. The van der Waals surface area contributed by atoms with Gasteiger partial charge in [0, 0.05) is 6.08 Å². The zero-order valence-corrected chi connectivity index (χ0v) is 8.94. The van der Waals surface area contributed by atoms with Gasteiger partial charge in [-0.05, 0) is 24.0 Å². The van der Waals surface area contributed by atoms with E-state index in [0.717, 1.165) is 30.4 Å². The average molecular weight is 204 g/mol. The molecule has 0 atom stereocenters. The second-order valence-corrected chi connectivity index (χ2v) is 3.48. The molecule has 0 radical (unpaired) electrons. The maximum absolute atomic E-state index is 10.7. The van der Waals surface area contributed by atoms with Crippen LogP contribution in [0.25, 0.3) is 5.57 Å². The standard InChI is InChI=1S/C13H16O2/c1-2-3-7-12(10-13(14)15)11-8-5-4-6-9-11/h4-6,8-10H,2-3,7H2,1H3,(H,14,15). The fourth-order valence-corrected chi connectivity index (χ4v) is 1.47. The van der Waals surface area contributed by atoms with E-state index in [4.69, 9.17) is 5.11 Å². The quantitative estimate of drug-likeness (QED) is 0.747. The molecule has 2 heteroatoms. The van der Waals surface area contributed by atoms with Gasteiger partial charge in [-0.1, -0.05) is 43.7 Å². The first-order chi connectivity index (χ1) is 7.24. The lowest BCUT2D eigenvalue weighted by molar-refractivity contribution is -0.131. The van der Waals surface area contributed by atoms with Crippen LogP contribution in [0.5, 0.6) is 0 Å². The van der Waals surface area contributed by atoms with Crippen molar-refractivity contribution in [2.24, 2.45) is 0 Å². The van der Waals surface area contributed by atoms with Crippen LogP contribution < -0.4 is 0 Å². The number of carboxylic acid groups (broad SMARTS) is 1. The predicted octanol–water partition coefficient (Wildman–Crippen LogP) is 3.34. The van der Waals surface area contributed by atoms with Crippen molar-refractivity contribution in [2.45, 2.75) is 26.2 Å². The summed E-state index contributed by atoms with van der Waals surface area (Å²) in [4.78, 5) is 10.7. The Morgan fingerprint density at radius 1 is 1.33 bits per heavy atom. The predicted molar refractivity (Wildman–Crippen MR) is 61.6 cm³/mol. The van der Waals surface area contributed by atoms with E-state index >= 15 is 0 Å². The molecule has 0 unspecified atom stereocenters. The van der Waals surface area contributed by atoms with E-state index in [2.05, 4.69) is 6.92 Å². The van der Waals surface area contributed by atoms with Crippen LogP contribution in [0.2, 0.25) is 0 Å². The summed E-state index contributed by atoms with van der Waals surface area (Å²) in [6.07, 6.45) is 4.23. The Labute approximate surface area is 90.3 Å². The van der Waals surface area contributed by atoms with Crippen LogP contribution in [0.3, 0.4) is 0 Å². The molecule has 0 aliphatic carbocycles. The molecule has 15 heavy (non-hydrogen) atoms. The normalized spacial score (nSPS) is 11.4. The number of hydrogen-bond donors (Lipinski definition) is 1. The molecular formula is C13H16O2. The van der Waals surface area contributed by atoms with Gasteiger partial charge in [0.2, 0.25) is 0 Å². The van der Waals surface area contributed by atoms with Crippen molar-refractivity contribution in [3.8, 4) is 0 Å². The van der Waals surface area contributed by atoms with Gasteiger partial charge < -0.3 is 5.11 Å². The first-order valence-corrected chi connectivity index (χ1v) is 5.23. The molecule has 0 heterocycles. The molecule has 0 amide bonds. The molecule has 0 aliphatic rings. The summed E-state index contributed by atoms with van der Waals surface area (Å²) in [5, 5.41) is 8.77. The molecule has 1 rings (SSSR count). The van der Waals surface area contributed by atoms with Gasteiger partial charge in [-0.3, -0.25) is 0 Å². The summed E-state index contributed by atoms with van der Waals surface area (Å²) in [6, 6.07) is 9.69. The van der Waals surface area contributed by atoms with Crippen LogP contribution in [0.1, 0.15) is 31.7 Å². The smallest absolute Gasteiger partial charge is 0.328 e. The number of carboxylic acids is 1. The van der Waals surface area contributed by atoms with Crippen molar-refractivity contribution in [2.75, 3.05) is 0 Å². The Morgan fingerprint density at radius 3 is 2.53 bits per heavy atom. The number of hydrogen-bond acceptors (Lipinski definition) is 1. The third kappa shape index (κ3) is 3.98. The second kappa shape index (κ2) is 6.02. The Morgan fingerprint density at radius 2 is 2.00 bits per heavy atom. The first-order valence-electron chi connectivity index (χ1n) is 5.23. The molecule has 1 N–H and O–H groups in total. The van der Waals surface area contributed by atoms with E-state index < -0.39 is 5.97 Å². The van der Waals surface area contributed by atoms with Crippen LogP contribution in [0.4, 0.5) is 0 Å². The lowest BCUT2D eigenvalue weighted by Gasteiger charge is -2.05. The van der Waals surface area contributed by atoms with Gasteiger partial charge >= 0.3 is 5.97 Å². The van der Waals surface area contributed by atoms with Crippen molar-refractivity contribution in [3.05, 3.63) is 42.0 Å². The van der Waals surface area contributed by atoms with Crippen molar-refractivity contribution in [1.82, 2.24) is 0 Å². The molecule has 0 saturated carbocycles. The van der Waals surface area contributed by atoms with Gasteiger partial charge in [0.1, 0.15) is 0 Å². The van der Waals surface area contributed by atoms with Gasteiger partial charge in [-0.15, -0.1) is 0 Å². The molecule has 0 saturated heterocycles. The number of unbranched alkanes of at least 4 members (excludes halogenated alkanes) is 1. The summed E-state index contributed by atoms with van der Waals surface area (Å²) in [5.74, 6) is -0.870. The van der Waals surface area contributed by atoms with Crippen LogP contribution in [0.15, 0.2) is 36.4 Å². The third-order valence-electron chi connectivity index (χ3n) is 2.24. The Balaban J connectivity index is 2.86. The lowest BCUT2D eigenvalue weighted by atomic mass is 10.00. The highest BCUT2D eigenvalue weighted by Crippen LogP contribution is 2.20. The molecule has 0 bridgehead atoms. The highest BCUT2D eigenvalue weighted by atomic mass is 16.4. The maximum atomic E-state index is 10.7. The van der Waals surface area contributed by atoms with Gasteiger partial charge in [0.25, 0.3) is 0 Å². The van der Waals surface area contributed by atoms with Crippen LogP contribution in [-0.4, -0.2) is 11.1 Å². The minimum Gasteiger partial charge on any atom is -0.478 e. The van der Waals surface area contributed by atoms with E-state index in [1.165, 1.54) is 6.08 Å². The zero-order chi connectivity index (χ0) is 11.1. The average Bonchev–Trinajstić information content (AvgIpc) is 2.25. The Bertz CT molecular complexity index is 339. The van der Waals surface area contributed by atoms with E-state index in [1.54, 1.807) is 0 Å².